The number of aromatic nitrogens is 2. The number of hydrogen-bond acceptors (Lipinski definition) is 4. The molecular weight excluding hydrogens is 409 g/mol. The van der Waals surface area contributed by atoms with E-state index in [-0.39, 0.29) is 17.5 Å². The number of benzene rings is 1. The van der Waals surface area contributed by atoms with Crippen LogP contribution < -0.4 is 9.64 Å². The van der Waals surface area contributed by atoms with Crippen molar-refractivity contribution in [3.05, 3.63) is 36.0 Å². The van der Waals surface area contributed by atoms with E-state index in [2.05, 4.69) is 14.7 Å². The quantitative estimate of drug-likeness (QED) is 0.693. The molecule has 3 rings (SSSR count). The highest BCUT2D eigenvalue weighted by Crippen LogP contribution is 2.28. The van der Waals surface area contributed by atoms with E-state index in [0.29, 0.717) is 25.3 Å². The summed E-state index contributed by atoms with van der Waals surface area (Å²) in [5, 5.41) is 4.61. The summed E-state index contributed by atoms with van der Waals surface area (Å²) in [4.78, 5) is 15.9. The standard InChI is InChI=1S/C19H22ClF3N4O2/c1-13-10-16(25-8-9-26(17(28)11-20)18(2,3)12-25)24-27(13)14-4-6-15(7-5-14)29-19(21,22)23/h4-7,10H,8-9,11-12H2,1-3H3. The van der Waals surface area contributed by atoms with E-state index < -0.39 is 11.9 Å². The molecule has 0 bridgehead atoms. The maximum Gasteiger partial charge on any atom is 0.573 e. The van der Waals surface area contributed by atoms with Crippen LogP contribution in [0.4, 0.5) is 19.0 Å². The summed E-state index contributed by atoms with van der Waals surface area (Å²) in [5.74, 6) is 0.307. The molecule has 1 aromatic carbocycles. The predicted octanol–water partition coefficient (Wildman–Crippen LogP) is 3.75. The van der Waals surface area contributed by atoms with Gasteiger partial charge in [0.05, 0.1) is 11.2 Å². The molecule has 29 heavy (non-hydrogen) atoms. The molecule has 1 fully saturated rings. The number of hydrogen-bond donors (Lipinski definition) is 0. The fourth-order valence-electron chi connectivity index (χ4n) is 3.55. The van der Waals surface area contributed by atoms with E-state index in [4.69, 9.17) is 11.6 Å². The molecule has 1 aliphatic rings. The van der Waals surface area contributed by atoms with Crippen LogP contribution in [0.25, 0.3) is 5.69 Å². The maximum atomic E-state index is 12.3. The summed E-state index contributed by atoms with van der Waals surface area (Å²) in [6.45, 7) is 7.56. The second kappa shape index (κ2) is 7.78. The minimum atomic E-state index is -4.73. The van der Waals surface area contributed by atoms with Crippen molar-refractivity contribution in [1.82, 2.24) is 14.7 Å². The Labute approximate surface area is 171 Å². The molecule has 158 valence electrons. The van der Waals surface area contributed by atoms with Crippen molar-refractivity contribution < 1.29 is 22.7 Å². The van der Waals surface area contributed by atoms with Crippen LogP contribution in [0.3, 0.4) is 0 Å². The van der Waals surface area contributed by atoms with Gasteiger partial charge in [-0.3, -0.25) is 4.79 Å². The number of amides is 1. The third-order valence-corrected chi connectivity index (χ3v) is 5.06. The molecule has 0 unspecified atom stereocenters. The molecule has 1 aromatic heterocycles. The van der Waals surface area contributed by atoms with E-state index in [1.807, 2.05) is 26.8 Å². The zero-order valence-corrected chi connectivity index (χ0v) is 17.1. The lowest BCUT2D eigenvalue weighted by Crippen LogP contribution is -2.61. The number of halogens is 4. The molecule has 0 aliphatic carbocycles. The van der Waals surface area contributed by atoms with Crippen molar-refractivity contribution in [2.24, 2.45) is 0 Å². The smallest absolute Gasteiger partial charge is 0.406 e. The van der Waals surface area contributed by atoms with E-state index in [0.717, 1.165) is 11.5 Å². The maximum absolute atomic E-state index is 12.3. The Bertz CT molecular complexity index is 881. The SMILES string of the molecule is Cc1cc(N2CCN(C(=O)CCl)C(C)(C)C2)nn1-c1ccc(OC(F)(F)F)cc1. The number of piperazine rings is 1. The van der Waals surface area contributed by atoms with Crippen molar-refractivity contribution in [1.29, 1.82) is 0 Å². The highest BCUT2D eigenvalue weighted by Gasteiger charge is 2.37. The fraction of sp³-hybridized carbons (Fsp3) is 0.474. The second-order valence-electron chi connectivity index (χ2n) is 7.51. The summed E-state index contributed by atoms with van der Waals surface area (Å²) in [7, 11) is 0. The number of anilines is 1. The first-order valence-electron chi connectivity index (χ1n) is 9.04. The molecule has 1 saturated heterocycles. The largest absolute Gasteiger partial charge is 0.573 e. The van der Waals surface area contributed by atoms with Gasteiger partial charge in [-0.05, 0) is 45.0 Å². The molecule has 0 N–H and O–H groups in total. The fourth-order valence-corrected chi connectivity index (χ4v) is 3.69. The Morgan fingerprint density at radius 3 is 2.45 bits per heavy atom. The van der Waals surface area contributed by atoms with Gasteiger partial charge in [0.25, 0.3) is 0 Å². The molecule has 0 spiro atoms. The van der Waals surface area contributed by atoms with Crippen molar-refractivity contribution in [2.75, 3.05) is 30.4 Å². The van der Waals surface area contributed by atoms with Crippen LogP contribution in [0.2, 0.25) is 0 Å². The first kappa shape index (κ1) is 21.3. The van der Waals surface area contributed by atoms with Gasteiger partial charge in [0.15, 0.2) is 5.82 Å². The van der Waals surface area contributed by atoms with Crippen molar-refractivity contribution in [3.8, 4) is 11.4 Å². The molecule has 0 radical (unpaired) electrons. The molecular formula is C19H22ClF3N4O2. The van der Waals surface area contributed by atoms with Crippen LogP contribution in [-0.4, -0.2) is 58.0 Å². The summed E-state index contributed by atoms with van der Waals surface area (Å²) < 4.78 is 42.5. The topological polar surface area (TPSA) is 50.6 Å². The molecule has 6 nitrogen and oxygen atoms in total. The molecule has 10 heteroatoms. The van der Waals surface area contributed by atoms with Gasteiger partial charge in [-0.2, -0.15) is 5.10 Å². The molecule has 1 aliphatic heterocycles. The Balaban J connectivity index is 1.78. The van der Waals surface area contributed by atoms with Gasteiger partial charge in [-0.15, -0.1) is 24.8 Å². The van der Waals surface area contributed by atoms with Gasteiger partial charge in [0.1, 0.15) is 11.6 Å². The number of aryl methyl sites for hydroxylation is 1. The van der Waals surface area contributed by atoms with Gasteiger partial charge >= 0.3 is 6.36 Å². The number of nitrogens with zero attached hydrogens (tertiary/aromatic N) is 4. The van der Waals surface area contributed by atoms with Gasteiger partial charge in [0, 0.05) is 31.4 Å². The Hall–Kier alpha value is -2.42. The van der Waals surface area contributed by atoms with E-state index >= 15 is 0 Å². The first-order valence-corrected chi connectivity index (χ1v) is 9.58. The number of carbonyl (C=O) groups excluding carboxylic acids is 1. The first-order chi connectivity index (χ1) is 13.5. The average Bonchev–Trinajstić information content (AvgIpc) is 3.01. The third-order valence-electron chi connectivity index (χ3n) is 4.83. The second-order valence-corrected chi connectivity index (χ2v) is 7.78. The monoisotopic (exact) mass is 430 g/mol. The number of ether oxygens (including phenoxy) is 1. The Morgan fingerprint density at radius 2 is 1.90 bits per heavy atom. The summed E-state index contributed by atoms with van der Waals surface area (Å²) in [6, 6.07) is 7.46. The lowest BCUT2D eigenvalue weighted by atomic mass is 9.98. The van der Waals surface area contributed by atoms with Crippen LogP contribution in [0.1, 0.15) is 19.5 Å². The number of alkyl halides is 4. The van der Waals surface area contributed by atoms with Crippen LogP contribution in [0.15, 0.2) is 30.3 Å². The molecule has 2 heterocycles. The van der Waals surface area contributed by atoms with Gasteiger partial charge < -0.3 is 14.5 Å². The highest BCUT2D eigenvalue weighted by molar-refractivity contribution is 6.27. The summed E-state index contributed by atoms with van der Waals surface area (Å²) in [6.07, 6.45) is -4.73. The normalized spacial score (nSPS) is 16.8. The zero-order chi connectivity index (χ0) is 21.4. The molecule has 0 saturated carbocycles. The number of carbonyl (C=O) groups is 1. The van der Waals surface area contributed by atoms with Crippen molar-refractivity contribution in [3.63, 3.8) is 0 Å². The van der Waals surface area contributed by atoms with Gasteiger partial charge in [0.2, 0.25) is 5.91 Å². The zero-order valence-electron chi connectivity index (χ0n) is 16.3. The number of rotatable bonds is 4. The van der Waals surface area contributed by atoms with E-state index in [9.17, 15) is 18.0 Å². The molecule has 0 atom stereocenters. The summed E-state index contributed by atoms with van der Waals surface area (Å²) >= 11 is 5.71. The van der Waals surface area contributed by atoms with Crippen LogP contribution >= 0.6 is 11.6 Å². The van der Waals surface area contributed by atoms with Crippen LogP contribution in [-0.2, 0) is 4.79 Å². The highest BCUT2D eigenvalue weighted by atomic mass is 35.5. The third kappa shape index (κ3) is 4.77. The Morgan fingerprint density at radius 1 is 1.24 bits per heavy atom. The van der Waals surface area contributed by atoms with Crippen LogP contribution in [0, 0.1) is 6.92 Å². The lowest BCUT2D eigenvalue weighted by Gasteiger charge is -2.47. The van der Waals surface area contributed by atoms with Crippen LogP contribution in [0.5, 0.6) is 5.75 Å². The minimum absolute atomic E-state index is 0.0504. The van der Waals surface area contributed by atoms with Gasteiger partial charge in [-0.1, -0.05) is 0 Å². The van der Waals surface area contributed by atoms with E-state index in [1.54, 1.807) is 9.58 Å². The van der Waals surface area contributed by atoms with Crippen molar-refractivity contribution in [2.45, 2.75) is 32.7 Å². The van der Waals surface area contributed by atoms with Crippen molar-refractivity contribution >= 4 is 23.3 Å². The predicted molar refractivity (Wildman–Crippen MR) is 104 cm³/mol. The molecule has 1 amide bonds. The minimum Gasteiger partial charge on any atom is -0.406 e. The van der Waals surface area contributed by atoms with E-state index in [1.165, 1.54) is 24.3 Å². The lowest BCUT2D eigenvalue weighted by molar-refractivity contribution is -0.274. The average molecular weight is 431 g/mol. The Kier molecular flexibility index (Phi) is 5.71. The summed E-state index contributed by atoms with van der Waals surface area (Å²) in [5.41, 5.74) is 1.05. The van der Waals surface area contributed by atoms with Gasteiger partial charge in [-0.25, -0.2) is 4.68 Å². The molecule has 2 aromatic rings.